The highest BCUT2D eigenvalue weighted by Crippen LogP contribution is 2.26. The van der Waals surface area contributed by atoms with E-state index in [4.69, 9.17) is 4.74 Å². The Balaban J connectivity index is 2.24. The molecule has 0 heterocycles. The highest BCUT2D eigenvalue weighted by molar-refractivity contribution is 5.40. The summed E-state index contributed by atoms with van der Waals surface area (Å²) in [6.07, 6.45) is 1.03. The molecule has 21 heavy (non-hydrogen) atoms. The summed E-state index contributed by atoms with van der Waals surface area (Å²) in [7, 11) is 2.01. The van der Waals surface area contributed by atoms with E-state index in [0.717, 1.165) is 18.8 Å². The number of nitrogens with one attached hydrogen (secondary N) is 1. The number of benzene rings is 2. The highest BCUT2D eigenvalue weighted by Gasteiger charge is 2.14. The average molecular weight is 283 g/mol. The summed E-state index contributed by atoms with van der Waals surface area (Å²) in [5.74, 6) is 0.941. The molecule has 1 unspecified atom stereocenters. The topological polar surface area (TPSA) is 21.3 Å². The molecule has 1 N–H and O–H groups in total. The molecule has 0 aromatic heterocycles. The normalized spacial score (nSPS) is 12.2. The average Bonchev–Trinajstić information content (AvgIpc) is 2.49. The van der Waals surface area contributed by atoms with Gasteiger partial charge in [0.15, 0.2) is 0 Å². The maximum atomic E-state index is 5.65. The Labute approximate surface area is 128 Å². The molecule has 1 atom stereocenters. The van der Waals surface area contributed by atoms with Crippen molar-refractivity contribution in [2.24, 2.45) is 0 Å². The lowest BCUT2D eigenvalue weighted by molar-refractivity contribution is 0.317. The van der Waals surface area contributed by atoms with Crippen LogP contribution in [0.3, 0.4) is 0 Å². The van der Waals surface area contributed by atoms with Crippen LogP contribution in [0.25, 0.3) is 0 Å². The number of aryl methyl sites for hydroxylation is 2. The Morgan fingerprint density at radius 3 is 2.33 bits per heavy atom. The van der Waals surface area contributed by atoms with Crippen molar-refractivity contribution in [3.63, 3.8) is 0 Å². The van der Waals surface area contributed by atoms with Crippen molar-refractivity contribution in [3.8, 4) is 5.75 Å². The predicted octanol–water partition coefficient (Wildman–Crippen LogP) is 4.40. The van der Waals surface area contributed by atoms with Gasteiger partial charge in [-0.15, -0.1) is 0 Å². The van der Waals surface area contributed by atoms with Crippen LogP contribution in [-0.2, 0) is 0 Å². The van der Waals surface area contributed by atoms with Crippen molar-refractivity contribution in [1.82, 2.24) is 5.32 Å². The van der Waals surface area contributed by atoms with Crippen LogP contribution in [0.2, 0.25) is 0 Å². The molecule has 2 rings (SSSR count). The fourth-order valence-electron chi connectivity index (χ4n) is 2.63. The Hall–Kier alpha value is -1.80. The van der Waals surface area contributed by atoms with Crippen molar-refractivity contribution in [1.29, 1.82) is 0 Å². The Bertz CT molecular complexity index is 575. The Morgan fingerprint density at radius 1 is 1.05 bits per heavy atom. The van der Waals surface area contributed by atoms with Crippen molar-refractivity contribution in [2.75, 3.05) is 13.7 Å². The minimum absolute atomic E-state index is 0.214. The zero-order valence-electron chi connectivity index (χ0n) is 13.4. The molecule has 0 aliphatic heterocycles. The van der Waals surface area contributed by atoms with Crippen molar-refractivity contribution in [2.45, 2.75) is 33.2 Å². The van der Waals surface area contributed by atoms with E-state index in [1.54, 1.807) is 0 Å². The van der Waals surface area contributed by atoms with Gasteiger partial charge < -0.3 is 10.1 Å². The highest BCUT2D eigenvalue weighted by atomic mass is 16.5. The van der Waals surface area contributed by atoms with E-state index in [1.807, 2.05) is 7.05 Å². The van der Waals surface area contributed by atoms with Crippen molar-refractivity contribution >= 4 is 0 Å². The molecule has 0 fully saturated rings. The molecule has 0 radical (unpaired) electrons. The van der Waals surface area contributed by atoms with E-state index in [1.165, 1.54) is 22.3 Å². The zero-order valence-corrected chi connectivity index (χ0v) is 13.4. The van der Waals surface area contributed by atoms with Gasteiger partial charge in [-0.3, -0.25) is 0 Å². The van der Waals surface area contributed by atoms with E-state index in [-0.39, 0.29) is 6.04 Å². The van der Waals surface area contributed by atoms with Gasteiger partial charge in [-0.05, 0) is 56.1 Å². The first-order valence-corrected chi connectivity index (χ1v) is 7.63. The summed E-state index contributed by atoms with van der Waals surface area (Å²) < 4.78 is 5.65. The number of hydrogen-bond donors (Lipinski definition) is 1. The third kappa shape index (κ3) is 3.85. The van der Waals surface area contributed by atoms with Gasteiger partial charge in [0.25, 0.3) is 0 Å². The minimum Gasteiger partial charge on any atom is -0.494 e. The quantitative estimate of drug-likeness (QED) is 0.848. The van der Waals surface area contributed by atoms with Crippen LogP contribution in [0.1, 0.15) is 41.6 Å². The van der Waals surface area contributed by atoms with E-state index in [0.29, 0.717) is 0 Å². The van der Waals surface area contributed by atoms with Crippen LogP contribution in [0.5, 0.6) is 5.75 Å². The van der Waals surface area contributed by atoms with Crippen molar-refractivity contribution in [3.05, 3.63) is 64.7 Å². The van der Waals surface area contributed by atoms with Gasteiger partial charge in [-0.25, -0.2) is 0 Å². The second kappa shape index (κ2) is 7.28. The summed E-state index contributed by atoms with van der Waals surface area (Å²) >= 11 is 0. The first kappa shape index (κ1) is 15.6. The monoisotopic (exact) mass is 283 g/mol. The molecule has 0 amide bonds. The first-order valence-electron chi connectivity index (χ1n) is 7.63. The van der Waals surface area contributed by atoms with Gasteiger partial charge in [0, 0.05) is 0 Å². The smallest absolute Gasteiger partial charge is 0.119 e. The molecular formula is C19H25NO. The first-order chi connectivity index (χ1) is 10.2. The SMILES string of the molecule is CCCOc1ccc(C(NC)c2ccc(C)cc2C)cc1. The maximum absolute atomic E-state index is 5.65. The fourth-order valence-corrected chi connectivity index (χ4v) is 2.63. The standard InChI is InChI=1S/C19H25NO/c1-5-12-21-17-9-7-16(8-10-17)19(20-4)18-11-6-14(2)13-15(18)3/h6-11,13,19-20H,5,12H2,1-4H3. The molecule has 0 spiro atoms. The molecule has 112 valence electrons. The Kier molecular flexibility index (Phi) is 5.40. The van der Waals surface area contributed by atoms with Gasteiger partial charge in [-0.1, -0.05) is 42.8 Å². The molecule has 2 nitrogen and oxygen atoms in total. The predicted molar refractivity (Wildman–Crippen MR) is 89.0 cm³/mol. The summed E-state index contributed by atoms with van der Waals surface area (Å²) in [6, 6.07) is 15.2. The molecular weight excluding hydrogens is 258 g/mol. The van der Waals surface area contributed by atoms with Crippen LogP contribution in [0.4, 0.5) is 0 Å². The van der Waals surface area contributed by atoms with E-state index in [2.05, 4.69) is 68.6 Å². The number of rotatable bonds is 6. The molecule has 0 bridgehead atoms. The van der Waals surface area contributed by atoms with Crippen LogP contribution in [-0.4, -0.2) is 13.7 Å². The second-order valence-electron chi connectivity index (χ2n) is 5.50. The molecule has 2 aromatic rings. The van der Waals surface area contributed by atoms with Crippen LogP contribution in [0.15, 0.2) is 42.5 Å². The lowest BCUT2D eigenvalue weighted by Crippen LogP contribution is -2.18. The van der Waals surface area contributed by atoms with Crippen molar-refractivity contribution < 1.29 is 4.74 Å². The molecule has 2 heteroatoms. The van der Waals surface area contributed by atoms with Gasteiger partial charge in [0.05, 0.1) is 12.6 Å². The maximum Gasteiger partial charge on any atom is 0.119 e. The van der Waals surface area contributed by atoms with Gasteiger partial charge in [0.2, 0.25) is 0 Å². The molecule has 0 aliphatic carbocycles. The fraction of sp³-hybridized carbons (Fsp3) is 0.368. The summed E-state index contributed by atoms with van der Waals surface area (Å²) in [5, 5.41) is 3.42. The largest absolute Gasteiger partial charge is 0.494 e. The van der Waals surface area contributed by atoms with Crippen LogP contribution < -0.4 is 10.1 Å². The number of hydrogen-bond acceptors (Lipinski definition) is 2. The van der Waals surface area contributed by atoms with Gasteiger partial charge >= 0.3 is 0 Å². The molecule has 0 saturated heterocycles. The summed E-state index contributed by atoms with van der Waals surface area (Å²) in [5.41, 5.74) is 5.20. The van der Waals surface area contributed by atoms with Crippen LogP contribution in [0, 0.1) is 13.8 Å². The van der Waals surface area contributed by atoms with Gasteiger partial charge in [0.1, 0.15) is 5.75 Å². The zero-order chi connectivity index (χ0) is 15.2. The molecule has 0 aliphatic rings. The summed E-state index contributed by atoms with van der Waals surface area (Å²) in [4.78, 5) is 0. The van der Waals surface area contributed by atoms with Crippen LogP contribution >= 0.6 is 0 Å². The molecule has 0 saturated carbocycles. The Morgan fingerprint density at radius 2 is 1.76 bits per heavy atom. The minimum atomic E-state index is 0.214. The lowest BCUT2D eigenvalue weighted by atomic mass is 9.94. The summed E-state index contributed by atoms with van der Waals surface area (Å²) in [6.45, 7) is 7.19. The van der Waals surface area contributed by atoms with E-state index in [9.17, 15) is 0 Å². The third-order valence-electron chi connectivity index (χ3n) is 3.71. The van der Waals surface area contributed by atoms with E-state index < -0.39 is 0 Å². The lowest BCUT2D eigenvalue weighted by Gasteiger charge is -2.20. The number of ether oxygens (including phenoxy) is 1. The third-order valence-corrected chi connectivity index (χ3v) is 3.71. The van der Waals surface area contributed by atoms with Gasteiger partial charge in [-0.2, -0.15) is 0 Å². The molecule has 2 aromatic carbocycles. The second-order valence-corrected chi connectivity index (χ2v) is 5.50. The van der Waals surface area contributed by atoms with E-state index >= 15 is 0 Å².